The molecule has 23 heavy (non-hydrogen) atoms. The van der Waals surface area contributed by atoms with Crippen LogP contribution >= 0.6 is 11.6 Å². The van der Waals surface area contributed by atoms with Gasteiger partial charge in [0.05, 0.1) is 28.5 Å². The Labute approximate surface area is 139 Å². The van der Waals surface area contributed by atoms with Crippen LogP contribution in [0.3, 0.4) is 0 Å². The molecule has 0 atom stereocenters. The maximum absolute atomic E-state index is 11.9. The lowest BCUT2D eigenvalue weighted by molar-refractivity contribution is -0.384. The van der Waals surface area contributed by atoms with Gasteiger partial charge in [0.2, 0.25) is 0 Å². The number of para-hydroxylation sites is 1. The summed E-state index contributed by atoms with van der Waals surface area (Å²) < 4.78 is 0. The van der Waals surface area contributed by atoms with Crippen LogP contribution in [0.4, 0.5) is 11.4 Å². The Hall–Kier alpha value is -1.86. The molecule has 2 rings (SSSR count). The Bertz CT molecular complexity index is 607. The van der Waals surface area contributed by atoms with Crippen LogP contribution in [0, 0.1) is 15.5 Å². The van der Waals surface area contributed by atoms with Crippen LogP contribution in [-0.4, -0.2) is 42.1 Å². The van der Waals surface area contributed by atoms with Crippen LogP contribution in [0.2, 0.25) is 5.02 Å². The Morgan fingerprint density at radius 1 is 1.26 bits per heavy atom. The number of hydrogen-bond acceptors (Lipinski definition) is 6. The summed E-state index contributed by atoms with van der Waals surface area (Å²) in [4.78, 5) is 29.8. The van der Waals surface area contributed by atoms with E-state index >= 15 is 0 Å². The first-order valence-corrected chi connectivity index (χ1v) is 7.73. The van der Waals surface area contributed by atoms with Gasteiger partial charge in [0.25, 0.3) is 5.69 Å². The van der Waals surface area contributed by atoms with E-state index < -0.39 is 10.3 Å². The number of hydrogen-bond donors (Lipinski definition) is 0. The summed E-state index contributed by atoms with van der Waals surface area (Å²) in [6.45, 7) is 7.27. The molecule has 1 aliphatic rings. The van der Waals surface area contributed by atoms with Crippen molar-refractivity contribution in [3.8, 4) is 0 Å². The summed E-state index contributed by atoms with van der Waals surface area (Å²) in [5, 5.41) is 13.1. The van der Waals surface area contributed by atoms with E-state index in [1.807, 2.05) is 4.90 Å². The Morgan fingerprint density at radius 3 is 2.39 bits per heavy atom. The second kappa shape index (κ2) is 6.72. The number of rotatable bonds is 3. The molecule has 0 saturated carbocycles. The van der Waals surface area contributed by atoms with E-state index in [4.69, 9.17) is 16.4 Å². The lowest BCUT2D eigenvalue weighted by Gasteiger charge is -2.35. The minimum Gasteiger partial charge on any atom is -0.367 e. The van der Waals surface area contributed by atoms with Crippen molar-refractivity contribution in [2.24, 2.45) is 5.41 Å². The summed E-state index contributed by atoms with van der Waals surface area (Å²) in [6.07, 6.45) is 0. The van der Waals surface area contributed by atoms with Gasteiger partial charge in [0.15, 0.2) is 0 Å². The highest BCUT2D eigenvalue weighted by Crippen LogP contribution is 2.35. The zero-order valence-corrected chi connectivity index (χ0v) is 14.2. The van der Waals surface area contributed by atoms with Gasteiger partial charge in [0, 0.05) is 19.2 Å². The SMILES string of the molecule is CC(C)(C)C(=O)ON1CCN(c2c(Cl)cccc2[N+](=O)[O-])CC1. The highest BCUT2D eigenvalue weighted by molar-refractivity contribution is 6.33. The highest BCUT2D eigenvalue weighted by atomic mass is 35.5. The number of piperazine rings is 1. The number of halogens is 1. The van der Waals surface area contributed by atoms with Crippen LogP contribution < -0.4 is 4.90 Å². The number of carbonyl (C=O) groups excluding carboxylic acids is 1. The molecule has 0 unspecified atom stereocenters. The molecule has 0 bridgehead atoms. The predicted molar refractivity (Wildman–Crippen MR) is 87.4 cm³/mol. The summed E-state index contributed by atoms with van der Waals surface area (Å²) in [6, 6.07) is 4.63. The molecule has 1 saturated heterocycles. The molecule has 1 aliphatic heterocycles. The smallest absolute Gasteiger partial charge is 0.330 e. The number of anilines is 1. The second-order valence-corrected chi connectivity index (χ2v) is 6.82. The van der Waals surface area contributed by atoms with Crippen molar-refractivity contribution < 1.29 is 14.6 Å². The number of nitro groups is 1. The normalized spacial score (nSPS) is 16.3. The molecule has 0 spiro atoms. The van der Waals surface area contributed by atoms with Gasteiger partial charge in [-0.2, -0.15) is 0 Å². The van der Waals surface area contributed by atoms with Gasteiger partial charge in [0.1, 0.15) is 5.69 Å². The summed E-state index contributed by atoms with van der Waals surface area (Å²) in [7, 11) is 0. The maximum atomic E-state index is 11.9. The van der Waals surface area contributed by atoms with Gasteiger partial charge in [-0.05, 0) is 26.8 Å². The third-order valence-electron chi connectivity index (χ3n) is 3.54. The van der Waals surface area contributed by atoms with E-state index in [1.165, 1.54) is 6.07 Å². The van der Waals surface area contributed by atoms with Crippen molar-refractivity contribution in [3.05, 3.63) is 33.3 Å². The lowest BCUT2D eigenvalue weighted by Crippen LogP contribution is -2.48. The van der Waals surface area contributed by atoms with Crippen LogP contribution in [0.15, 0.2) is 18.2 Å². The summed E-state index contributed by atoms with van der Waals surface area (Å²) in [5.74, 6) is -0.297. The highest BCUT2D eigenvalue weighted by Gasteiger charge is 2.30. The monoisotopic (exact) mass is 341 g/mol. The minimum atomic E-state index is -0.571. The molecule has 1 aromatic carbocycles. The van der Waals surface area contributed by atoms with Gasteiger partial charge in [-0.25, -0.2) is 4.79 Å². The van der Waals surface area contributed by atoms with Crippen molar-refractivity contribution >= 4 is 28.9 Å². The molecule has 1 aromatic rings. The molecule has 126 valence electrons. The molecule has 1 heterocycles. The third-order valence-corrected chi connectivity index (χ3v) is 3.85. The molecule has 0 radical (unpaired) electrons. The predicted octanol–water partition coefficient (Wildman–Crippen LogP) is 2.87. The van der Waals surface area contributed by atoms with Gasteiger partial charge >= 0.3 is 5.97 Å². The minimum absolute atomic E-state index is 0.0161. The van der Waals surface area contributed by atoms with Crippen molar-refractivity contribution in [2.45, 2.75) is 20.8 Å². The van der Waals surface area contributed by atoms with E-state index in [9.17, 15) is 14.9 Å². The molecule has 7 nitrogen and oxygen atoms in total. The van der Waals surface area contributed by atoms with Crippen molar-refractivity contribution in [1.82, 2.24) is 5.06 Å². The fourth-order valence-corrected chi connectivity index (χ4v) is 2.51. The van der Waals surface area contributed by atoms with Crippen molar-refractivity contribution in [3.63, 3.8) is 0 Å². The zero-order valence-electron chi connectivity index (χ0n) is 13.4. The Balaban J connectivity index is 2.06. The quantitative estimate of drug-likeness (QED) is 0.621. The number of nitro benzene ring substituents is 1. The van der Waals surface area contributed by atoms with Crippen molar-refractivity contribution in [1.29, 1.82) is 0 Å². The van der Waals surface area contributed by atoms with E-state index in [1.54, 1.807) is 38.0 Å². The van der Waals surface area contributed by atoms with Crippen LogP contribution in [0.5, 0.6) is 0 Å². The van der Waals surface area contributed by atoms with Gasteiger partial charge in [-0.1, -0.05) is 17.7 Å². The maximum Gasteiger partial charge on any atom is 0.330 e. The average molecular weight is 342 g/mol. The molecule has 0 aliphatic carbocycles. The number of nitrogens with zero attached hydrogens (tertiary/aromatic N) is 3. The third kappa shape index (κ3) is 4.11. The molecular formula is C15H20ClN3O4. The fourth-order valence-electron chi connectivity index (χ4n) is 2.22. The number of carbonyl (C=O) groups is 1. The van der Waals surface area contributed by atoms with E-state index in [-0.39, 0.29) is 11.7 Å². The molecule has 0 aromatic heterocycles. The Kier molecular flexibility index (Phi) is 5.11. The van der Waals surface area contributed by atoms with Crippen LogP contribution in [0.1, 0.15) is 20.8 Å². The zero-order chi connectivity index (χ0) is 17.2. The number of hydroxylamine groups is 2. The molecule has 0 amide bonds. The van der Waals surface area contributed by atoms with Gasteiger partial charge in [-0.15, -0.1) is 5.06 Å². The first-order valence-electron chi connectivity index (χ1n) is 7.35. The summed E-state index contributed by atoms with van der Waals surface area (Å²) >= 11 is 6.14. The standard InChI is InChI=1S/C15H20ClN3O4/c1-15(2,3)14(20)23-18-9-7-17(8-10-18)13-11(16)5-4-6-12(13)19(21)22/h4-6H,7-10H2,1-3H3. The number of benzene rings is 1. The van der Waals surface area contributed by atoms with Crippen LogP contribution in [0.25, 0.3) is 0 Å². The van der Waals surface area contributed by atoms with Crippen LogP contribution in [-0.2, 0) is 9.63 Å². The average Bonchev–Trinajstić information content (AvgIpc) is 2.47. The van der Waals surface area contributed by atoms with Gasteiger partial charge in [-0.3, -0.25) is 10.1 Å². The second-order valence-electron chi connectivity index (χ2n) is 6.41. The molecule has 1 fully saturated rings. The molecule has 0 N–H and O–H groups in total. The van der Waals surface area contributed by atoms with Crippen molar-refractivity contribution in [2.75, 3.05) is 31.1 Å². The molecule has 8 heteroatoms. The fraction of sp³-hybridized carbons (Fsp3) is 0.533. The first-order chi connectivity index (χ1) is 10.7. The largest absolute Gasteiger partial charge is 0.367 e. The topological polar surface area (TPSA) is 75.9 Å². The van der Waals surface area contributed by atoms with E-state index in [2.05, 4.69) is 0 Å². The summed E-state index contributed by atoms with van der Waals surface area (Å²) in [5.41, 5.74) is -0.169. The lowest BCUT2D eigenvalue weighted by atomic mass is 9.98. The Morgan fingerprint density at radius 2 is 1.87 bits per heavy atom. The first kappa shape index (κ1) is 17.5. The van der Waals surface area contributed by atoms with E-state index in [0.29, 0.717) is 36.9 Å². The molecular weight excluding hydrogens is 322 g/mol. The van der Waals surface area contributed by atoms with E-state index in [0.717, 1.165) is 0 Å². The van der Waals surface area contributed by atoms with Gasteiger partial charge < -0.3 is 9.74 Å².